The standard InChI is InChI=1S/C23H23F2N5O3/c1-13-10-17(29(2)19(13)14-4-3-5-16-15(14)11-26-28-16)18(31)12-30-20(32)22(27-21(30)33)6-8-23(24,25)9-7-22/h3-5,10-11H,6-9,12H2,1-2H3,(H,26,28)(H,27,33). The molecule has 2 fully saturated rings. The van der Waals surface area contributed by atoms with Crippen molar-refractivity contribution in [1.82, 2.24) is 25.0 Å². The van der Waals surface area contributed by atoms with E-state index in [4.69, 9.17) is 0 Å². The van der Waals surface area contributed by atoms with Gasteiger partial charge in [0, 0.05) is 30.8 Å². The van der Waals surface area contributed by atoms with Gasteiger partial charge in [-0.1, -0.05) is 12.1 Å². The Morgan fingerprint density at radius 3 is 2.64 bits per heavy atom. The molecule has 33 heavy (non-hydrogen) atoms. The van der Waals surface area contributed by atoms with Crippen LogP contribution < -0.4 is 5.32 Å². The number of aromatic amines is 1. The zero-order valence-electron chi connectivity index (χ0n) is 18.2. The largest absolute Gasteiger partial charge is 0.341 e. The summed E-state index contributed by atoms with van der Waals surface area (Å²) >= 11 is 0. The first-order valence-corrected chi connectivity index (χ1v) is 10.8. The summed E-state index contributed by atoms with van der Waals surface area (Å²) in [5.74, 6) is -3.85. The normalized spacial score (nSPS) is 19.5. The number of Topliss-reactive ketones (excluding diaryl/α,β-unsaturated/α-hetero) is 1. The maximum absolute atomic E-state index is 13.6. The number of nitrogens with zero attached hydrogens (tertiary/aromatic N) is 3. The van der Waals surface area contributed by atoms with Gasteiger partial charge in [-0.05, 0) is 37.5 Å². The average molecular weight is 455 g/mol. The number of ketones is 1. The van der Waals surface area contributed by atoms with E-state index in [1.54, 1.807) is 23.9 Å². The van der Waals surface area contributed by atoms with E-state index in [0.29, 0.717) is 5.69 Å². The van der Waals surface area contributed by atoms with Crippen LogP contribution in [0.15, 0.2) is 30.5 Å². The molecule has 0 radical (unpaired) electrons. The minimum atomic E-state index is -2.84. The van der Waals surface area contributed by atoms with Crippen LogP contribution in [0.2, 0.25) is 0 Å². The molecule has 8 nitrogen and oxygen atoms in total. The van der Waals surface area contributed by atoms with Gasteiger partial charge in [0.15, 0.2) is 5.78 Å². The first-order chi connectivity index (χ1) is 15.6. The Morgan fingerprint density at radius 1 is 1.18 bits per heavy atom. The van der Waals surface area contributed by atoms with E-state index in [1.165, 1.54) is 0 Å². The summed E-state index contributed by atoms with van der Waals surface area (Å²) in [5, 5.41) is 10.5. The van der Waals surface area contributed by atoms with E-state index in [-0.39, 0.29) is 12.8 Å². The molecule has 2 aliphatic rings. The number of amides is 3. The predicted molar refractivity (Wildman–Crippen MR) is 116 cm³/mol. The second-order valence-electron chi connectivity index (χ2n) is 8.94. The third-order valence-corrected chi connectivity index (χ3v) is 6.83. The molecule has 3 amide bonds. The highest BCUT2D eigenvalue weighted by molar-refractivity contribution is 6.11. The van der Waals surface area contributed by atoms with Gasteiger partial charge in [-0.25, -0.2) is 13.6 Å². The zero-order chi connectivity index (χ0) is 23.5. The first-order valence-electron chi connectivity index (χ1n) is 10.8. The molecule has 1 saturated heterocycles. The molecule has 2 aromatic heterocycles. The SMILES string of the molecule is Cc1cc(C(=O)CN2C(=O)NC3(CCC(F)(F)CC3)C2=O)n(C)c1-c1cccc2[nH]ncc12. The number of urea groups is 1. The molecule has 10 heteroatoms. The highest BCUT2D eigenvalue weighted by Gasteiger charge is 2.55. The van der Waals surface area contributed by atoms with Crippen molar-refractivity contribution in [1.29, 1.82) is 0 Å². The van der Waals surface area contributed by atoms with E-state index in [9.17, 15) is 23.2 Å². The molecule has 1 aliphatic heterocycles. The zero-order valence-corrected chi connectivity index (χ0v) is 18.2. The molecule has 1 saturated carbocycles. The van der Waals surface area contributed by atoms with Crippen molar-refractivity contribution in [3.05, 3.63) is 41.7 Å². The number of alkyl halides is 2. The van der Waals surface area contributed by atoms with Crippen molar-refractivity contribution < 1.29 is 23.2 Å². The van der Waals surface area contributed by atoms with Gasteiger partial charge in [-0.3, -0.25) is 19.6 Å². The molecule has 1 aliphatic carbocycles. The van der Waals surface area contributed by atoms with E-state index in [0.717, 1.165) is 32.6 Å². The smallest absolute Gasteiger partial charge is 0.325 e. The number of imide groups is 1. The molecule has 0 unspecified atom stereocenters. The van der Waals surface area contributed by atoms with Crippen LogP contribution in [0.25, 0.3) is 22.2 Å². The molecule has 3 heterocycles. The number of nitrogens with one attached hydrogen (secondary N) is 2. The lowest BCUT2D eigenvalue weighted by atomic mass is 9.80. The first kappa shape index (κ1) is 21.3. The Balaban J connectivity index is 1.41. The Kier molecular flexibility index (Phi) is 4.66. The van der Waals surface area contributed by atoms with Crippen LogP contribution in [0.4, 0.5) is 13.6 Å². The minimum absolute atomic E-state index is 0.141. The molecule has 5 rings (SSSR count). The summed E-state index contributed by atoms with van der Waals surface area (Å²) in [7, 11) is 1.76. The predicted octanol–water partition coefficient (Wildman–Crippen LogP) is 3.56. The molecule has 0 bridgehead atoms. The number of rotatable bonds is 4. The third kappa shape index (κ3) is 3.32. The van der Waals surface area contributed by atoms with E-state index in [2.05, 4.69) is 15.5 Å². The molecule has 2 N–H and O–H groups in total. The summed E-state index contributed by atoms with van der Waals surface area (Å²) in [6.07, 6.45) is 0.495. The number of fused-ring (bicyclic) bond motifs is 1. The van der Waals surface area contributed by atoms with Gasteiger partial charge in [-0.2, -0.15) is 5.10 Å². The summed E-state index contributed by atoms with van der Waals surface area (Å²) < 4.78 is 28.9. The Bertz CT molecular complexity index is 1300. The quantitative estimate of drug-likeness (QED) is 0.464. The van der Waals surface area contributed by atoms with Crippen molar-refractivity contribution in [3.63, 3.8) is 0 Å². The molecule has 0 atom stereocenters. The van der Waals surface area contributed by atoms with Crippen LogP contribution in [0.3, 0.4) is 0 Å². The summed E-state index contributed by atoms with van der Waals surface area (Å²) in [5.41, 5.74) is 2.46. The summed E-state index contributed by atoms with van der Waals surface area (Å²) in [4.78, 5) is 39.5. The van der Waals surface area contributed by atoms with Gasteiger partial charge in [0.25, 0.3) is 5.91 Å². The maximum atomic E-state index is 13.6. The number of halogens is 2. The molecule has 3 aromatic rings. The van der Waals surface area contributed by atoms with E-state index >= 15 is 0 Å². The van der Waals surface area contributed by atoms with Gasteiger partial charge < -0.3 is 9.88 Å². The van der Waals surface area contributed by atoms with E-state index in [1.807, 2.05) is 25.1 Å². The highest BCUT2D eigenvalue weighted by Crippen LogP contribution is 2.41. The van der Waals surface area contributed by atoms with Gasteiger partial charge in [0.1, 0.15) is 5.54 Å². The van der Waals surface area contributed by atoms with Crippen LogP contribution in [0.5, 0.6) is 0 Å². The monoisotopic (exact) mass is 455 g/mol. The number of carbonyl (C=O) groups is 3. The van der Waals surface area contributed by atoms with Gasteiger partial charge >= 0.3 is 6.03 Å². The number of aryl methyl sites for hydroxylation is 1. The second-order valence-corrected chi connectivity index (χ2v) is 8.94. The van der Waals surface area contributed by atoms with Gasteiger partial charge in [0.05, 0.1) is 29.6 Å². The molecule has 172 valence electrons. The Labute approximate surface area is 187 Å². The number of hydrogen-bond donors (Lipinski definition) is 2. The fourth-order valence-electron chi connectivity index (χ4n) is 5.02. The lowest BCUT2D eigenvalue weighted by Crippen LogP contribution is -2.51. The van der Waals surface area contributed by atoms with Crippen LogP contribution in [-0.2, 0) is 11.8 Å². The Hall–Kier alpha value is -3.56. The fraction of sp³-hybridized carbons (Fsp3) is 0.391. The minimum Gasteiger partial charge on any atom is -0.341 e. The summed E-state index contributed by atoms with van der Waals surface area (Å²) in [6, 6.07) is 6.75. The lowest BCUT2D eigenvalue weighted by molar-refractivity contribution is -0.135. The molecule has 1 spiro atoms. The number of H-pyrrole nitrogens is 1. The van der Waals surface area contributed by atoms with Gasteiger partial charge in [-0.15, -0.1) is 0 Å². The Morgan fingerprint density at radius 2 is 1.91 bits per heavy atom. The van der Waals surface area contributed by atoms with Crippen molar-refractivity contribution in [2.75, 3.05) is 6.54 Å². The summed E-state index contributed by atoms with van der Waals surface area (Å²) in [6.45, 7) is 1.44. The van der Waals surface area contributed by atoms with Crippen LogP contribution in [0, 0.1) is 6.92 Å². The molecule has 1 aromatic carbocycles. The van der Waals surface area contributed by atoms with Crippen LogP contribution >= 0.6 is 0 Å². The van der Waals surface area contributed by atoms with E-state index < -0.39 is 48.6 Å². The average Bonchev–Trinajstić information content (AvgIpc) is 3.42. The number of carbonyl (C=O) groups excluding carboxylic acids is 3. The van der Waals surface area contributed by atoms with Crippen molar-refractivity contribution in [3.8, 4) is 11.3 Å². The van der Waals surface area contributed by atoms with Crippen molar-refractivity contribution >= 4 is 28.6 Å². The number of hydrogen-bond acceptors (Lipinski definition) is 4. The molecular formula is C23H23F2N5O3. The van der Waals surface area contributed by atoms with Crippen molar-refractivity contribution in [2.24, 2.45) is 7.05 Å². The second kappa shape index (κ2) is 7.23. The third-order valence-electron chi connectivity index (χ3n) is 6.83. The molecular weight excluding hydrogens is 432 g/mol. The van der Waals surface area contributed by atoms with Crippen LogP contribution in [0.1, 0.15) is 41.7 Å². The van der Waals surface area contributed by atoms with Gasteiger partial charge in [0.2, 0.25) is 5.92 Å². The number of benzene rings is 1. The number of aromatic nitrogens is 3. The lowest BCUT2D eigenvalue weighted by Gasteiger charge is -2.34. The highest BCUT2D eigenvalue weighted by atomic mass is 19.3. The maximum Gasteiger partial charge on any atom is 0.325 e. The topological polar surface area (TPSA) is 100 Å². The van der Waals surface area contributed by atoms with Crippen molar-refractivity contribution in [2.45, 2.75) is 44.1 Å². The van der Waals surface area contributed by atoms with Crippen LogP contribution in [-0.4, -0.2) is 55.4 Å². The fourth-order valence-corrected chi connectivity index (χ4v) is 5.02.